The summed E-state index contributed by atoms with van der Waals surface area (Å²) >= 11 is 0. The van der Waals surface area contributed by atoms with Crippen molar-refractivity contribution in [2.45, 2.75) is 103 Å². The summed E-state index contributed by atoms with van der Waals surface area (Å²) in [6.45, 7) is 4.41. The van der Waals surface area contributed by atoms with E-state index >= 15 is 0 Å². The van der Waals surface area contributed by atoms with Gasteiger partial charge < -0.3 is 12.4 Å². The molecule has 1 unspecified atom stereocenters. The summed E-state index contributed by atoms with van der Waals surface area (Å²) in [5.41, 5.74) is 0. The van der Waals surface area contributed by atoms with Gasteiger partial charge in [0.25, 0.3) is 0 Å². The van der Waals surface area contributed by atoms with Crippen molar-refractivity contribution in [1.29, 1.82) is 0 Å². The number of rotatable bonds is 16. The second-order valence-corrected chi connectivity index (χ2v) is 7.86. The van der Waals surface area contributed by atoms with E-state index in [1.54, 1.807) is 0 Å². The number of nitrogens with zero attached hydrogens (tertiary/aromatic N) is 2. The molecule has 0 radical (unpaired) electrons. The molecule has 1 atom stereocenters. The number of hydrogen-bond acceptors (Lipinski definition) is 1. The first-order chi connectivity index (χ1) is 11.8. The van der Waals surface area contributed by atoms with Crippen LogP contribution in [0.5, 0.6) is 0 Å². The third-order valence-electron chi connectivity index (χ3n) is 5.23. The van der Waals surface area contributed by atoms with Crippen molar-refractivity contribution in [3.05, 3.63) is 12.3 Å². The predicted octanol–water partition coefficient (Wildman–Crippen LogP) is 3.86. The van der Waals surface area contributed by atoms with Crippen LogP contribution in [0.4, 0.5) is 0 Å². The van der Waals surface area contributed by atoms with Crippen LogP contribution in [0.2, 0.25) is 0 Å². The summed E-state index contributed by atoms with van der Waals surface area (Å²) < 4.78 is 0.901. The summed E-state index contributed by atoms with van der Waals surface area (Å²) in [6.07, 6.45) is 28.1. The first kappa shape index (κ1) is 24.7. The quantitative estimate of drug-likeness (QED) is 0.289. The van der Waals surface area contributed by atoms with E-state index in [0.29, 0.717) is 0 Å². The Bertz CT molecular complexity index is 341. The highest BCUT2D eigenvalue weighted by Crippen LogP contribution is 2.14. The van der Waals surface area contributed by atoms with E-state index in [1.807, 2.05) is 0 Å². The van der Waals surface area contributed by atoms with Crippen LogP contribution in [0.1, 0.15) is 103 Å². The number of halogens is 1. The van der Waals surface area contributed by atoms with Gasteiger partial charge in [-0.15, -0.1) is 0 Å². The average Bonchev–Trinajstić information content (AvgIpc) is 3.01. The molecule has 25 heavy (non-hydrogen) atoms. The minimum atomic E-state index is 0. The van der Waals surface area contributed by atoms with Gasteiger partial charge in [-0.05, 0) is 18.9 Å². The third kappa shape index (κ3) is 14.5. The van der Waals surface area contributed by atoms with Gasteiger partial charge in [-0.25, -0.2) is 4.99 Å². The molecule has 0 fully saturated rings. The van der Waals surface area contributed by atoms with Gasteiger partial charge in [0.1, 0.15) is 6.54 Å². The average molecular weight is 371 g/mol. The Balaban J connectivity index is 0.00000576. The van der Waals surface area contributed by atoms with E-state index in [-0.39, 0.29) is 12.4 Å². The van der Waals surface area contributed by atoms with E-state index in [4.69, 9.17) is 0 Å². The molecule has 2 nitrogen and oxygen atoms in total. The molecular formula is C22H43ClN2. The maximum absolute atomic E-state index is 4.32. The molecule has 1 rings (SSSR count). The smallest absolute Gasteiger partial charge is 0.190 e. The fraction of sp³-hybridized carbons (Fsp3) is 0.864. The Morgan fingerprint density at radius 1 is 0.800 bits per heavy atom. The standard InChI is InChI=1S/C22H43N2.ClH/c1-3-4-5-6-7-8-9-10-11-12-13-14-15-16-17-18-20-24(2)21-19-23-22-24;/h18,20,22H,3-17,19,21H2,1-2H3;1H/q+1;/p-1. The number of hydrogen-bond donors (Lipinski definition) is 0. The molecule has 148 valence electrons. The lowest BCUT2D eigenvalue weighted by atomic mass is 10.0. The van der Waals surface area contributed by atoms with E-state index in [1.165, 1.54) is 96.3 Å². The normalized spacial score (nSPS) is 19.6. The van der Waals surface area contributed by atoms with E-state index in [0.717, 1.165) is 17.6 Å². The Labute approximate surface area is 164 Å². The second kappa shape index (κ2) is 17.1. The molecule has 0 aromatic carbocycles. The number of aliphatic imine (C=N–C) groups is 1. The van der Waals surface area contributed by atoms with Crippen molar-refractivity contribution in [2.24, 2.45) is 4.99 Å². The molecule has 0 aromatic rings. The van der Waals surface area contributed by atoms with Crippen LogP contribution < -0.4 is 12.4 Å². The molecule has 0 saturated carbocycles. The minimum absolute atomic E-state index is 0. The zero-order valence-electron chi connectivity index (χ0n) is 17.0. The zero-order chi connectivity index (χ0) is 17.3. The molecule has 0 N–H and O–H groups in total. The van der Waals surface area contributed by atoms with Crippen molar-refractivity contribution in [1.82, 2.24) is 0 Å². The molecule has 3 heteroatoms. The topological polar surface area (TPSA) is 12.4 Å². The summed E-state index contributed by atoms with van der Waals surface area (Å²) in [4.78, 5) is 4.32. The minimum Gasteiger partial charge on any atom is -1.00 e. The highest BCUT2D eigenvalue weighted by atomic mass is 35.5. The van der Waals surface area contributed by atoms with Gasteiger partial charge >= 0.3 is 0 Å². The molecule has 0 amide bonds. The zero-order valence-corrected chi connectivity index (χ0v) is 17.8. The lowest BCUT2D eigenvalue weighted by molar-refractivity contribution is -0.751. The van der Waals surface area contributed by atoms with E-state index < -0.39 is 0 Å². The van der Waals surface area contributed by atoms with Crippen molar-refractivity contribution >= 4 is 6.34 Å². The molecule has 0 aliphatic carbocycles. The molecular weight excluding hydrogens is 328 g/mol. The van der Waals surface area contributed by atoms with Gasteiger partial charge in [-0.2, -0.15) is 0 Å². The molecule has 0 bridgehead atoms. The monoisotopic (exact) mass is 370 g/mol. The van der Waals surface area contributed by atoms with Gasteiger partial charge in [0.15, 0.2) is 6.34 Å². The van der Waals surface area contributed by atoms with Crippen molar-refractivity contribution in [3.8, 4) is 0 Å². The summed E-state index contributed by atoms with van der Waals surface area (Å²) in [7, 11) is 2.23. The number of quaternary nitrogens is 1. The van der Waals surface area contributed by atoms with E-state index in [9.17, 15) is 0 Å². The van der Waals surface area contributed by atoms with Crippen molar-refractivity contribution in [3.63, 3.8) is 0 Å². The molecule has 1 aliphatic rings. The van der Waals surface area contributed by atoms with Crippen LogP contribution in [0, 0.1) is 0 Å². The van der Waals surface area contributed by atoms with Crippen LogP contribution in [-0.2, 0) is 0 Å². The molecule has 0 saturated heterocycles. The van der Waals surface area contributed by atoms with Crippen molar-refractivity contribution < 1.29 is 16.9 Å². The summed E-state index contributed by atoms with van der Waals surface area (Å²) in [6, 6.07) is 0. The Hall–Kier alpha value is -0.340. The van der Waals surface area contributed by atoms with Gasteiger partial charge in [0.05, 0.1) is 19.8 Å². The second-order valence-electron chi connectivity index (χ2n) is 7.86. The summed E-state index contributed by atoms with van der Waals surface area (Å²) in [5, 5.41) is 0. The Morgan fingerprint density at radius 2 is 1.28 bits per heavy atom. The first-order valence-electron chi connectivity index (χ1n) is 10.8. The van der Waals surface area contributed by atoms with Crippen LogP contribution in [-0.4, -0.2) is 31.0 Å². The Morgan fingerprint density at radius 3 is 1.72 bits per heavy atom. The fourth-order valence-corrected chi connectivity index (χ4v) is 3.46. The maximum Gasteiger partial charge on any atom is 0.190 e. The van der Waals surface area contributed by atoms with Crippen molar-refractivity contribution in [2.75, 3.05) is 20.1 Å². The van der Waals surface area contributed by atoms with E-state index in [2.05, 4.69) is 37.6 Å². The molecule has 0 spiro atoms. The highest BCUT2D eigenvalue weighted by Gasteiger charge is 2.19. The first-order valence-corrected chi connectivity index (χ1v) is 10.8. The van der Waals surface area contributed by atoms with Gasteiger partial charge in [-0.1, -0.05) is 90.4 Å². The predicted molar refractivity (Wildman–Crippen MR) is 108 cm³/mol. The highest BCUT2D eigenvalue weighted by molar-refractivity contribution is 5.48. The van der Waals surface area contributed by atoms with Crippen LogP contribution in [0.3, 0.4) is 0 Å². The number of unbranched alkanes of at least 4 members (excludes halogenated alkanes) is 14. The lowest BCUT2D eigenvalue weighted by Gasteiger charge is -2.18. The van der Waals surface area contributed by atoms with Gasteiger partial charge in [0.2, 0.25) is 0 Å². The Kier molecular flexibility index (Phi) is 16.9. The van der Waals surface area contributed by atoms with Crippen LogP contribution in [0.25, 0.3) is 0 Å². The third-order valence-corrected chi connectivity index (χ3v) is 5.23. The largest absolute Gasteiger partial charge is 1.00 e. The van der Waals surface area contributed by atoms with Gasteiger partial charge in [-0.3, -0.25) is 4.48 Å². The molecule has 0 aromatic heterocycles. The van der Waals surface area contributed by atoms with Crippen LogP contribution >= 0.6 is 0 Å². The summed E-state index contributed by atoms with van der Waals surface area (Å²) in [5.74, 6) is 0. The number of allylic oxidation sites excluding steroid dienone is 1. The fourth-order valence-electron chi connectivity index (χ4n) is 3.46. The molecule has 1 aliphatic heterocycles. The van der Waals surface area contributed by atoms with Gasteiger partial charge in [0, 0.05) is 0 Å². The maximum atomic E-state index is 4.32. The number of likely N-dealkylation sites (N-methyl/N-ethyl adjacent to an activating group) is 1. The molecule has 1 heterocycles. The van der Waals surface area contributed by atoms with Crippen LogP contribution in [0.15, 0.2) is 17.3 Å². The SMILES string of the molecule is CCCCCCCCCCCCCCCCC=C[N+]1(C)C=NCC1.[Cl-]. The lowest BCUT2D eigenvalue weighted by Crippen LogP contribution is -3.00.